The molecule has 5 nitrogen and oxygen atoms in total. The Balaban J connectivity index is 1.82. The van der Waals surface area contributed by atoms with Gasteiger partial charge in [-0.2, -0.15) is 0 Å². The van der Waals surface area contributed by atoms with Gasteiger partial charge in [0.25, 0.3) is 0 Å². The van der Waals surface area contributed by atoms with Gasteiger partial charge >= 0.3 is 11.9 Å². The van der Waals surface area contributed by atoms with E-state index in [0.717, 1.165) is 22.3 Å². The van der Waals surface area contributed by atoms with Gasteiger partial charge in [0.1, 0.15) is 22.6 Å². The maximum Gasteiger partial charge on any atom is 0.339 e. The minimum absolute atomic E-state index is 0.0545. The summed E-state index contributed by atoms with van der Waals surface area (Å²) < 4.78 is 5.93. The molecule has 0 aliphatic carbocycles. The van der Waals surface area contributed by atoms with Gasteiger partial charge in [-0.15, -0.1) is 0 Å². The molecule has 0 aromatic heterocycles. The predicted molar refractivity (Wildman–Crippen MR) is 118 cm³/mol. The third-order valence-electron chi connectivity index (χ3n) is 4.86. The Labute approximate surface area is 178 Å². The maximum atomic E-state index is 11.8. The predicted octanol–water partition coefficient (Wildman–Crippen LogP) is 6.21. The molecule has 0 unspecified atom stereocenters. The summed E-state index contributed by atoms with van der Waals surface area (Å²) in [5.74, 6) is -2.18. The standard InChI is InChI=1S/C26H18O5/c27-25(28)21-13-11-19(17-7-3-1-4-8-17)15-23(21)31-24-16-20(12-14-22(24)26(29)30)18-9-5-2-6-10-18/h1-16H,(H,27,28)(H,29,30). The molecule has 0 fully saturated rings. The Morgan fingerprint density at radius 3 is 1.26 bits per heavy atom. The van der Waals surface area contributed by atoms with Crippen molar-refractivity contribution in [1.29, 1.82) is 0 Å². The highest BCUT2D eigenvalue weighted by Gasteiger charge is 2.18. The Kier molecular flexibility index (Phi) is 5.49. The number of hydrogen-bond acceptors (Lipinski definition) is 3. The van der Waals surface area contributed by atoms with Crippen LogP contribution in [0.1, 0.15) is 20.7 Å². The van der Waals surface area contributed by atoms with Gasteiger partial charge in [-0.1, -0.05) is 72.8 Å². The lowest BCUT2D eigenvalue weighted by molar-refractivity contribution is 0.0687. The van der Waals surface area contributed by atoms with E-state index in [9.17, 15) is 19.8 Å². The first-order valence-corrected chi connectivity index (χ1v) is 9.56. The van der Waals surface area contributed by atoms with Crippen LogP contribution in [0.4, 0.5) is 0 Å². The second-order valence-electron chi connectivity index (χ2n) is 6.87. The molecule has 0 heterocycles. The second kappa shape index (κ2) is 8.55. The van der Waals surface area contributed by atoms with Crippen LogP contribution in [0.15, 0.2) is 97.1 Å². The Morgan fingerprint density at radius 2 is 0.903 bits per heavy atom. The summed E-state index contributed by atoms with van der Waals surface area (Å²) in [5, 5.41) is 19.2. The van der Waals surface area contributed by atoms with Crippen molar-refractivity contribution in [3.05, 3.63) is 108 Å². The largest absolute Gasteiger partial charge is 0.478 e. The second-order valence-corrected chi connectivity index (χ2v) is 6.87. The number of carboxylic acids is 2. The van der Waals surface area contributed by atoms with Crippen LogP contribution in [0.3, 0.4) is 0 Å². The van der Waals surface area contributed by atoms with Gasteiger partial charge in [0.05, 0.1) is 0 Å². The summed E-state index contributed by atoms with van der Waals surface area (Å²) in [7, 11) is 0. The zero-order valence-corrected chi connectivity index (χ0v) is 16.4. The summed E-state index contributed by atoms with van der Waals surface area (Å²) in [6.07, 6.45) is 0. The zero-order chi connectivity index (χ0) is 21.8. The molecule has 31 heavy (non-hydrogen) atoms. The average Bonchev–Trinajstić information content (AvgIpc) is 2.80. The van der Waals surface area contributed by atoms with E-state index in [1.54, 1.807) is 24.3 Å². The summed E-state index contributed by atoms with van der Waals surface area (Å²) >= 11 is 0. The number of hydrogen-bond donors (Lipinski definition) is 2. The van der Waals surface area contributed by atoms with E-state index in [2.05, 4.69) is 0 Å². The van der Waals surface area contributed by atoms with Gasteiger partial charge in [0.15, 0.2) is 0 Å². The Hall–Kier alpha value is -4.38. The Bertz CT molecular complexity index is 1150. The molecule has 4 rings (SSSR count). The van der Waals surface area contributed by atoms with Crippen LogP contribution >= 0.6 is 0 Å². The van der Waals surface area contributed by atoms with Crippen LogP contribution in [0.5, 0.6) is 11.5 Å². The highest BCUT2D eigenvalue weighted by atomic mass is 16.5. The van der Waals surface area contributed by atoms with Crippen molar-refractivity contribution in [2.45, 2.75) is 0 Å². The van der Waals surface area contributed by atoms with E-state index in [-0.39, 0.29) is 22.6 Å². The molecule has 0 saturated carbocycles. The number of carbonyl (C=O) groups is 2. The van der Waals surface area contributed by atoms with Crippen LogP contribution in [0, 0.1) is 0 Å². The number of aromatic carboxylic acids is 2. The normalized spacial score (nSPS) is 10.5. The molecule has 0 aliphatic rings. The lowest BCUT2D eigenvalue weighted by Gasteiger charge is -2.14. The SMILES string of the molecule is O=C(O)c1ccc(-c2ccccc2)cc1Oc1cc(-c2ccccc2)ccc1C(=O)O. The fourth-order valence-electron chi connectivity index (χ4n) is 3.31. The van der Waals surface area contributed by atoms with Crippen molar-refractivity contribution < 1.29 is 24.5 Å². The quantitative estimate of drug-likeness (QED) is 0.395. The van der Waals surface area contributed by atoms with Crippen LogP contribution in [0.25, 0.3) is 22.3 Å². The molecule has 0 radical (unpaired) electrons. The third kappa shape index (κ3) is 4.31. The molecular formula is C26H18O5. The molecule has 2 N–H and O–H groups in total. The first kappa shape index (κ1) is 19.9. The summed E-state index contributed by atoms with van der Waals surface area (Å²) in [5.41, 5.74) is 3.19. The number of carboxylic acid groups (broad SMARTS) is 2. The van der Waals surface area contributed by atoms with Crippen molar-refractivity contribution >= 4 is 11.9 Å². The van der Waals surface area contributed by atoms with Crippen LogP contribution in [0.2, 0.25) is 0 Å². The fourth-order valence-corrected chi connectivity index (χ4v) is 3.31. The monoisotopic (exact) mass is 410 g/mol. The topological polar surface area (TPSA) is 83.8 Å². The van der Waals surface area contributed by atoms with Gasteiger partial charge in [-0.25, -0.2) is 9.59 Å². The van der Waals surface area contributed by atoms with E-state index in [1.165, 1.54) is 12.1 Å². The molecule has 4 aromatic rings. The maximum absolute atomic E-state index is 11.8. The van der Waals surface area contributed by atoms with Gasteiger partial charge in [0.2, 0.25) is 0 Å². The highest BCUT2D eigenvalue weighted by molar-refractivity contribution is 5.94. The van der Waals surface area contributed by atoms with Crippen molar-refractivity contribution in [3.63, 3.8) is 0 Å². The molecule has 5 heteroatoms. The Morgan fingerprint density at radius 1 is 0.516 bits per heavy atom. The molecule has 0 aliphatic heterocycles. The average molecular weight is 410 g/mol. The molecule has 0 spiro atoms. The van der Waals surface area contributed by atoms with Crippen molar-refractivity contribution in [2.75, 3.05) is 0 Å². The van der Waals surface area contributed by atoms with E-state index < -0.39 is 11.9 Å². The summed E-state index contributed by atoms with van der Waals surface area (Å²) in [4.78, 5) is 23.5. The van der Waals surface area contributed by atoms with Crippen molar-refractivity contribution in [3.8, 4) is 33.8 Å². The molecule has 0 bridgehead atoms. The lowest BCUT2D eigenvalue weighted by Crippen LogP contribution is -2.04. The van der Waals surface area contributed by atoms with Crippen molar-refractivity contribution in [2.24, 2.45) is 0 Å². The van der Waals surface area contributed by atoms with Crippen LogP contribution in [-0.4, -0.2) is 22.2 Å². The number of ether oxygens (including phenoxy) is 1. The highest BCUT2D eigenvalue weighted by Crippen LogP contribution is 2.35. The minimum atomic E-state index is -1.16. The number of benzene rings is 4. The molecule has 0 saturated heterocycles. The molecule has 4 aromatic carbocycles. The van der Waals surface area contributed by atoms with Gasteiger partial charge in [0, 0.05) is 0 Å². The first-order chi connectivity index (χ1) is 15.0. The van der Waals surface area contributed by atoms with Crippen LogP contribution < -0.4 is 4.74 Å². The molecule has 0 atom stereocenters. The smallest absolute Gasteiger partial charge is 0.339 e. The fraction of sp³-hybridized carbons (Fsp3) is 0. The van der Waals surface area contributed by atoms with Gasteiger partial charge in [-0.05, 0) is 46.5 Å². The van der Waals surface area contributed by atoms with E-state index >= 15 is 0 Å². The minimum Gasteiger partial charge on any atom is -0.478 e. The number of rotatable bonds is 6. The summed E-state index contributed by atoms with van der Waals surface area (Å²) in [6, 6.07) is 28.4. The van der Waals surface area contributed by atoms with Crippen molar-refractivity contribution in [1.82, 2.24) is 0 Å². The third-order valence-corrected chi connectivity index (χ3v) is 4.86. The summed E-state index contributed by atoms with van der Waals surface area (Å²) in [6.45, 7) is 0. The lowest BCUT2D eigenvalue weighted by atomic mass is 10.0. The first-order valence-electron chi connectivity index (χ1n) is 9.56. The zero-order valence-electron chi connectivity index (χ0n) is 16.4. The molecule has 152 valence electrons. The van der Waals surface area contributed by atoms with E-state index in [0.29, 0.717) is 0 Å². The van der Waals surface area contributed by atoms with E-state index in [1.807, 2.05) is 60.7 Å². The van der Waals surface area contributed by atoms with Crippen LogP contribution in [-0.2, 0) is 0 Å². The molecule has 0 amide bonds. The van der Waals surface area contributed by atoms with Gasteiger partial charge in [-0.3, -0.25) is 0 Å². The van der Waals surface area contributed by atoms with E-state index in [4.69, 9.17) is 4.74 Å². The molecular weight excluding hydrogens is 392 g/mol. The van der Waals surface area contributed by atoms with Gasteiger partial charge < -0.3 is 14.9 Å².